The molecule has 2 rings (SSSR count). The Balaban J connectivity index is 1.99. The lowest BCUT2D eigenvalue weighted by Gasteiger charge is -2.40. The first-order valence-corrected chi connectivity index (χ1v) is 7.10. The third-order valence-corrected chi connectivity index (χ3v) is 3.24. The summed E-state index contributed by atoms with van der Waals surface area (Å²) in [7, 11) is 0. The molecule has 116 valence electrons. The first-order chi connectivity index (χ1) is 9.76. The lowest BCUT2D eigenvalue weighted by atomic mass is 10.2. The number of carbonyl (C=O) groups is 1. The van der Waals surface area contributed by atoms with Gasteiger partial charge in [-0.15, -0.1) is 10.2 Å². The highest BCUT2D eigenvalue weighted by molar-refractivity contribution is 5.68. The molecule has 1 aromatic rings. The number of nitrogens with zero attached hydrogens (tertiary/aromatic N) is 4. The van der Waals surface area contributed by atoms with Crippen LogP contribution >= 0.6 is 0 Å². The number of carbonyl (C=O) groups excluding carboxylic acids is 1. The van der Waals surface area contributed by atoms with Crippen molar-refractivity contribution in [1.29, 1.82) is 0 Å². The number of amides is 1. The van der Waals surface area contributed by atoms with Crippen LogP contribution in [0.4, 0.5) is 16.4 Å². The average Bonchev–Trinajstić information content (AvgIpc) is 2.38. The van der Waals surface area contributed by atoms with Crippen molar-refractivity contribution >= 4 is 17.7 Å². The van der Waals surface area contributed by atoms with Crippen molar-refractivity contribution in [3.05, 3.63) is 12.1 Å². The van der Waals surface area contributed by atoms with Crippen LogP contribution in [0.15, 0.2) is 12.1 Å². The summed E-state index contributed by atoms with van der Waals surface area (Å²) < 4.78 is 5.41. The Morgan fingerprint density at radius 1 is 1.33 bits per heavy atom. The number of nitrogens with two attached hydrogens (primary N) is 1. The Labute approximate surface area is 125 Å². The highest BCUT2D eigenvalue weighted by Gasteiger charge is 2.30. The van der Waals surface area contributed by atoms with E-state index in [-0.39, 0.29) is 12.1 Å². The van der Waals surface area contributed by atoms with E-state index in [1.165, 1.54) is 0 Å². The molecule has 0 aromatic carbocycles. The molecule has 0 saturated carbocycles. The summed E-state index contributed by atoms with van der Waals surface area (Å²) in [5.74, 6) is 1.18. The number of hydrogen-bond donors (Lipinski definition) is 1. The molecule has 0 spiro atoms. The van der Waals surface area contributed by atoms with Gasteiger partial charge in [0.05, 0.1) is 0 Å². The van der Waals surface area contributed by atoms with Gasteiger partial charge in [0.15, 0.2) is 5.82 Å². The van der Waals surface area contributed by atoms with E-state index in [1.54, 1.807) is 11.0 Å². The molecule has 7 nitrogen and oxygen atoms in total. The molecule has 2 heterocycles. The fourth-order valence-electron chi connectivity index (χ4n) is 2.28. The smallest absolute Gasteiger partial charge is 0.410 e. The third kappa shape index (κ3) is 3.96. The molecule has 1 aromatic heterocycles. The quantitative estimate of drug-likeness (QED) is 0.844. The van der Waals surface area contributed by atoms with E-state index in [2.05, 4.69) is 22.0 Å². The average molecular weight is 293 g/mol. The van der Waals surface area contributed by atoms with Crippen molar-refractivity contribution < 1.29 is 9.53 Å². The third-order valence-electron chi connectivity index (χ3n) is 3.24. The summed E-state index contributed by atoms with van der Waals surface area (Å²) >= 11 is 0. The molecular formula is C14H23N5O2. The van der Waals surface area contributed by atoms with Gasteiger partial charge in [0.2, 0.25) is 0 Å². The summed E-state index contributed by atoms with van der Waals surface area (Å²) in [5.41, 5.74) is 5.08. The second-order valence-electron chi connectivity index (χ2n) is 6.29. The lowest BCUT2D eigenvalue weighted by Crippen LogP contribution is -2.54. The van der Waals surface area contributed by atoms with E-state index in [9.17, 15) is 4.79 Å². The number of ether oxygens (including phenoxy) is 1. The number of nitrogen functional groups attached to an aromatic ring is 1. The van der Waals surface area contributed by atoms with Crippen LogP contribution in [0.3, 0.4) is 0 Å². The molecule has 21 heavy (non-hydrogen) atoms. The van der Waals surface area contributed by atoms with Crippen molar-refractivity contribution in [3.63, 3.8) is 0 Å². The molecule has 2 N–H and O–H groups in total. The molecule has 7 heteroatoms. The predicted molar refractivity (Wildman–Crippen MR) is 81.1 cm³/mol. The number of hydrogen-bond acceptors (Lipinski definition) is 6. The maximum atomic E-state index is 12.1. The molecule has 1 atom stereocenters. The number of aromatic nitrogens is 2. The van der Waals surface area contributed by atoms with Crippen LogP contribution in [0.2, 0.25) is 0 Å². The molecular weight excluding hydrogens is 270 g/mol. The van der Waals surface area contributed by atoms with Gasteiger partial charge in [-0.1, -0.05) is 0 Å². The summed E-state index contributed by atoms with van der Waals surface area (Å²) in [6.45, 7) is 9.55. The summed E-state index contributed by atoms with van der Waals surface area (Å²) in [4.78, 5) is 15.9. The van der Waals surface area contributed by atoms with Crippen molar-refractivity contribution in [1.82, 2.24) is 15.1 Å². The molecule has 1 aliphatic heterocycles. The van der Waals surface area contributed by atoms with Gasteiger partial charge in [0, 0.05) is 25.7 Å². The number of rotatable bonds is 1. The van der Waals surface area contributed by atoms with Crippen molar-refractivity contribution in [3.8, 4) is 0 Å². The van der Waals surface area contributed by atoms with Crippen LogP contribution < -0.4 is 10.6 Å². The zero-order chi connectivity index (χ0) is 15.6. The van der Waals surface area contributed by atoms with Crippen LogP contribution in [-0.2, 0) is 4.74 Å². The second-order valence-corrected chi connectivity index (χ2v) is 6.29. The van der Waals surface area contributed by atoms with Crippen LogP contribution in [-0.4, -0.2) is 52.5 Å². The zero-order valence-electron chi connectivity index (χ0n) is 13.0. The van der Waals surface area contributed by atoms with Crippen LogP contribution in [0.1, 0.15) is 27.7 Å². The fraction of sp³-hybridized carbons (Fsp3) is 0.643. The standard InChI is InChI=1S/C14H23N5O2/c1-10-9-18(13(20)21-14(2,3)4)7-8-19(10)12-6-5-11(15)16-17-12/h5-6,10H,7-9H2,1-4H3,(H2,15,16)/t10-/m0/s1. The second kappa shape index (κ2) is 5.75. The summed E-state index contributed by atoms with van der Waals surface area (Å²) in [6, 6.07) is 3.72. The summed E-state index contributed by atoms with van der Waals surface area (Å²) in [6.07, 6.45) is -0.266. The van der Waals surface area contributed by atoms with Crippen LogP contribution in [0, 0.1) is 0 Å². The Hall–Kier alpha value is -2.05. The Bertz CT molecular complexity index is 497. The Morgan fingerprint density at radius 3 is 2.57 bits per heavy atom. The van der Waals surface area contributed by atoms with E-state index < -0.39 is 5.60 Å². The molecule has 1 saturated heterocycles. The normalized spacial score (nSPS) is 19.5. The van der Waals surface area contributed by atoms with Crippen LogP contribution in [0.25, 0.3) is 0 Å². The maximum absolute atomic E-state index is 12.1. The van der Waals surface area contributed by atoms with Gasteiger partial charge in [0.25, 0.3) is 0 Å². The molecule has 0 aliphatic carbocycles. The molecule has 0 bridgehead atoms. The van der Waals surface area contributed by atoms with E-state index >= 15 is 0 Å². The highest BCUT2D eigenvalue weighted by atomic mass is 16.6. The summed E-state index contributed by atoms with van der Waals surface area (Å²) in [5, 5.41) is 7.97. The van der Waals surface area contributed by atoms with Gasteiger partial charge in [-0.25, -0.2) is 4.79 Å². The van der Waals surface area contributed by atoms with Gasteiger partial charge >= 0.3 is 6.09 Å². The first kappa shape index (κ1) is 15.3. The maximum Gasteiger partial charge on any atom is 0.410 e. The lowest BCUT2D eigenvalue weighted by molar-refractivity contribution is 0.0218. The number of anilines is 2. The van der Waals surface area contributed by atoms with Gasteiger partial charge < -0.3 is 20.3 Å². The van der Waals surface area contributed by atoms with Crippen molar-refractivity contribution in [2.45, 2.75) is 39.3 Å². The Kier molecular flexibility index (Phi) is 4.20. The highest BCUT2D eigenvalue weighted by Crippen LogP contribution is 2.19. The van der Waals surface area contributed by atoms with E-state index in [0.717, 1.165) is 5.82 Å². The molecule has 1 amide bonds. The molecule has 1 fully saturated rings. The topological polar surface area (TPSA) is 84.6 Å². The van der Waals surface area contributed by atoms with Gasteiger partial charge in [-0.05, 0) is 39.8 Å². The minimum atomic E-state index is -0.472. The number of piperazine rings is 1. The largest absolute Gasteiger partial charge is 0.444 e. The van der Waals surface area contributed by atoms with E-state index in [0.29, 0.717) is 25.5 Å². The van der Waals surface area contributed by atoms with E-state index in [4.69, 9.17) is 10.5 Å². The van der Waals surface area contributed by atoms with Gasteiger partial charge in [-0.2, -0.15) is 0 Å². The molecule has 0 radical (unpaired) electrons. The SMILES string of the molecule is C[C@H]1CN(C(=O)OC(C)(C)C)CCN1c1ccc(N)nn1. The minimum Gasteiger partial charge on any atom is -0.444 e. The Morgan fingerprint density at radius 2 is 2.05 bits per heavy atom. The predicted octanol–water partition coefficient (Wildman–Crippen LogP) is 1.50. The first-order valence-electron chi connectivity index (χ1n) is 7.10. The van der Waals surface area contributed by atoms with E-state index in [1.807, 2.05) is 26.8 Å². The molecule has 1 aliphatic rings. The monoisotopic (exact) mass is 293 g/mol. The van der Waals surface area contributed by atoms with Crippen molar-refractivity contribution in [2.75, 3.05) is 30.3 Å². The fourth-order valence-corrected chi connectivity index (χ4v) is 2.28. The van der Waals surface area contributed by atoms with Crippen LogP contribution in [0.5, 0.6) is 0 Å². The molecule has 0 unspecified atom stereocenters. The zero-order valence-corrected chi connectivity index (χ0v) is 13.0. The van der Waals surface area contributed by atoms with Crippen molar-refractivity contribution in [2.24, 2.45) is 0 Å². The van der Waals surface area contributed by atoms with Gasteiger partial charge in [-0.3, -0.25) is 0 Å². The van der Waals surface area contributed by atoms with Gasteiger partial charge in [0.1, 0.15) is 11.4 Å². The minimum absolute atomic E-state index is 0.143.